The summed E-state index contributed by atoms with van der Waals surface area (Å²) in [6, 6.07) is -1.40. The summed E-state index contributed by atoms with van der Waals surface area (Å²) < 4.78 is 0. The van der Waals surface area contributed by atoms with Crippen molar-refractivity contribution in [3.8, 4) is 0 Å². The van der Waals surface area contributed by atoms with Crippen LogP contribution in [-0.2, 0) is 14.4 Å². The first-order valence-electron chi connectivity index (χ1n) is 4.61. The molecule has 0 amide bonds. The van der Waals surface area contributed by atoms with Gasteiger partial charge < -0.3 is 46.2 Å². The number of hydrogen-bond donors (Lipinski definition) is 5. The SMILES string of the molecule is N[C@@H](CC(=O)O)C(=O)[O-].O=C([O-])CNCC(O)O.[Na+].[Na+]. The average molecular weight is 312 g/mol. The maximum absolute atomic E-state index is 9.74. The Bertz CT molecular complexity index is 290. The molecule has 1 atom stereocenters. The number of carboxylic acids is 3. The van der Waals surface area contributed by atoms with E-state index in [9.17, 15) is 24.6 Å². The van der Waals surface area contributed by atoms with E-state index in [1.807, 2.05) is 0 Å². The molecule has 0 saturated heterocycles. The first kappa shape index (κ1) is 28.4. The molecule has 0 heterocycles. The predicted octanol–water partition coefficient (Wildman–Crippen LogP) is -11.8. The van der Waals surface area contributed by atoms with Crippen molar-refractivity contribution in [2.45, 2.75) is 18.8 Å². The van der Waals surface area contributed by atoms with E-state index in [1.165, 1.54) is 0 Å². The molecule has 0 aromatic rings. The molecular weight excluding hydrogens is 298 g/mol. The van der Waals surface area contributed by atoms with Crippen LogP contribution in [0.4, 0.5) is 0 Å². The number of nitrogens with one attached hydrogen (secondary N) is 1. The number of nitrogens with two attached hydrogens (primary N) is 1. The number of aliphatic carboxylic acids is 3. The van der Waals surface area contributed by atoms with Gasteiger partial charge in [0.1, 0.15) is 0 Å². The molecule has 0 bridgehead atoms. The van der Waals surface area contributed by atoms with Gasteiger partial charge >= 0.3 is 65.1 Å². The van der Waals surface area contributed by atoms with Crippen LogP contribution in [0.15, 0.2) is 0 Å². The van der Waals surface area contributed by atoms with Gasteiger partial charge in [0.25, 0.3) is 0 Å². The minimum atomic E-state index is -1.54. The summed E-state index contributed by atoms with van der Waals surface area (Å²) in [4.78, 5) is 29.1. The summed E-state index contributed by atoms with van der Waals surface area (Å²) in [6.07, 6.45) is -2.10. The van der Waals surface area contributed by atoms with E-state index < -0.39 is 36.7 Å². The van der Waals surface area contributed by atoms with Gasteiger partial charge in [-0.05, 0) is 0 Å². The molecule has 0 unspecified atom stereocenters. The van der Waals surface area contributed by atoms with Gasteiger partial charge in [-0.2, -0.15) is 0 Å². The van der Waals surface area contributed by atoms with Gasteiger partial charge in [0, 0.05) is 13.1 Å². The maximum Gasteiger partial charge on any atom is 1.00 e. The Balaban J connectivity index is -0.000000116. The summed E-state index contributed by atoms with van der Waals surface area (Å²) in [5, 5.41) is 45.9. The van der Waals surface area contributed by atoms with Crippen molar-refractivity contribution in [2.75, 3.05) is 13.1 Å². The van der Waals surface area contributed by atoms with Gasteiger partial charge in [-0.1, -0.05) is 0 Å². The van der Waals surface area contributed by atoms with Gasteiger partial charge in [0.15, 0.2) is 6.29 Å². The van der Waals surface area contributed by atoms with Gasteiger partial charge in [0.05, 0.1) is 24.4 Å². The van der Waals surface area contributed by atoms with E-state index in [0.29, 0.717) is 0 Å². The standard InChI is InChI=1S/C4H9NO4.C4H7NO4.2Na/c6-3(7)1-5-2-4(8)9;5-2(4(8)9)1-3(6)7;;/h3,5-7H,1-2H2,(H,8,9);2H,1,5H2,(H,6,7)(H,8,9);;/q;;2*+1/p-2/t;2-;;/m.0../s1. The molecule has 0 fully saturated rings. The zero-order valence-corrected chi connectivity index (χ0v) is 15.2. The van der Waals surface area contributed by atoms with Crippen LogP contribution in [0.3, 0.4) is 0 Å². The number of carbonyl (C=O) groups is 3. The first-order valence-corrected chi connectivity index (χ1v) is 4.61. The number of rotatable bonds is 7. The monoisotopic (exact) mass is 312 g/mol. The molecule has 0 aliphatic rings. The second-order valence-electron chi connectivity index (χ2n) is 3.01. The molecule has 0 aromatic heterocycles. The third kappa shape index (κ3) is 26.7. The van der Waals surface area contributed by atoms with Crippen molar-refractivity contribution >= 4 is 17.9 Å². The van der Waals surface area contributed by atoms with Crippen LogP contribution in [0.2, 0.25) is 0 Å². The van der Waals surface area contributed by atoms with Crippen molar-refractivity contribution in [1.29, 1.82) is 0 Å². The van der Waals surface area contributed by atoms with Crippen molar-refractivity contribution in [1.82, 2.24) is 5.32 Å². The molecule has 20 heavy (non-hydrogen) atoms. The van der Waals surface area contributed by atoms with Crippen molar-refractivity contribution < 1.29 is 99.0 Å². The van der Waals surface area contributed by atoms with E-state index >= 15 is 0 Å². The van der Waals surface area contributed by atoms with Crippen LogP contribution in [0.25, 0.3) is 0 Å². The molecule has 10 nitrogen and oxygen atoms in total. The molecule has 0 aliphatic heterocycles. The third-order valence-electron chi connectivity index (χ3n) is 1.29. The molecule has 12 heteroatoms. The van der Waals surface area contributed by atoms with Crippen LogP contribution in [0, 0.1) is 0 Å². The average Bonchev–Trinajstić information content (AvgIpc) is 2.15. The quantitative estimate of drug-likeness (QED) is 0.222. The van der Waals surface area contributed by atoms with Gasteiger partial charge in [-0.15, -0.1) is 0 Å². The maximum atomic E-state index is 9.74. The Morgan fingerprint density at radius 1 is 1.15 bits per heavy atom. The number of aliphatic hydroxyl groups is 2. The van der Waals surface area contributed by atoms with Crippen LogP contribution in [0.5, 0.6) is 0 Å². The minimum Gasteiger partial charge on any atom is -0.549 e. The van der Waals surface area contributed by atoms with Crippen molar-refractivity contribution in [2.24, 2.45) is 5.73 Å². The fourth-order valence-electron chi connectivity index (χ4n) is 0.575. The Morgan fingerprint density at radius 2 is 1.60 bits per heavy atom. The zero-order valence-electron chi connectivity index (χ0n) is 11.2. The number of carboxylic acid groups (broad SMARTS) is 3. The normalized spacial score (nSPS) is 10.2. The van der Waals surface area contributed by atoms with Crippen LogP contribution < -0.4 is 80.4 Å². The third-order valence-corrected chi connectivity index (χ3v) is 1.29. The van der Waals surface area contributed by atoms with E-state index in [1.54, 1.807) is 0 Å². The number of aliphatic hydroxyl groups excluding tert-OH is 1. The van der Waals surface area contributed by atoms with E-state index in [2.05, 4.69) is 5.32 Å². The molecule has 0 rings (SSSR count). The Labute approximate surface area is 158 Å². The molecule has 0 spiro atoms. The van der Waals surface area contributed by atoms with E-state index in [-0.39, 0.29) is 72.2 Å². The fraction of sp³-hybridized carbons (Fsp3) is 0.625. The van der Waals surface area contributed by atoms with E-state index in [0.717, 1.165) is 0 Å². The summed E-state index contributed by atoms with van der Waals surface area (Å²) in [5.74, 6) is -4.06. The fourth-order valence-corrected chi connectivity index (χ4v) is 0.575. The summed E-state index contributed by atoms with van der Waals surface area (Å²) in [6.45, 7) is -0.522. The van der Waals surface area contributed by atoms with Crippen molar-refractivity contribution in [3.05, 3.63) is 0 Å². The Kier molecular flexibility index (Phi) is 24.6. The van der Waals surface area contributed by atoms with Crippen LogP contribution in [-0.4, -0.2) is 58.6 Å². The Morgan fingerprint density at radius 3 is 1.80 bits per heavy atom. The molecule has 0 saturated carbocycles. The molecule has 106 valence electrons. The topological polar surface area (TPSA) is 196 Å². The zero-order chi connectivity index (χ0) is 14.7. The molecular formula is C8H14N2Na2O8. The van der Waals surface area contributed by atoms with Crippen molar-refractivity contribution in [3.63, 3.8) is 0 Å². The molecule has 0 radical (unpaired) electrons. The van der Waals surface area contributed by atoms with Crippen LogP contribution >= 0.6 is 0 Å². The second kappa shape index (κ2) is 17.3. The Hall–Kier alpha value is 0.250. The largest absolute Gasteiger partial charge is 1.00 e. The number of carbonyl (C=O) groups excluding carboxylic acids is 2. The minimum absolute atomic E-state index is 0. The molecule has 0 aromatic carbocycles. The number of hydrogen-bond acceptors (Lipinski definition) is 9. The molecule has 0 aliphatic carbocycles. The van der Waals surface area contributed by atoms with Gasteiger partial charge in [0.2, 0.25) is 0 Å². The van der Waals surface area contributed by atoms with E-state index in [4.69, 9.17) is 21.1 Å². The second-order valence-corrected chi connectivity index (χ2v) is 3.01. The summed E-state index contributed by atoms with van der Waals surface area (Å²) in [5.41, 5.74) is 4.77. The first-order chi connectivity index (χ1) is 8.16. The van der Waals surface area contributed by atoms with Gasteiger partial charge in [-0.3, -0.25) is 4.79 Å². The summed E-state index contributed by atoms with van der Waals surface area (Å²) >= 11 is 0. The van der Waals surface area contributed by atoms with Crippen LogP contribution in [0.1, 0.15) is 6.42 Å². The summed E-state index contributed by atoms with van der Waals surface area (Å²) in [7, 11) is 0. The smallest absolute Gasteiger partial charge is 0.549 e. The van der Waals surface area contributed by atoms with Gasteiger partial charge in [-0.25, -0.2) is 0 Å². The predicted molar refractivity (Wildman–Crippen MR) is 51.3 cm³/mol. The molecule has 6 N–H and O–H groups in total.